The highest BCUT2D eigenvalue weighted by Gasteiger charge is 2.09. The van der Waals surface area contributed by atoms with E-state index in [1.807, 2.05) is 0 Å². The molecular formula is C8H9BrFNO2. The standard InChI is InChI=1S/C8H9BrFNO2/c9-7-6(12)2-1-5(8(7)10)3-4-13-11/h1-2,12H,3-4,11H2. The predicted octanol–water partition coefficient (Wildman–Crippen LogP) is 1.73. The van der Waals surface area contributed by atoms with Crippen LogP contribution in [0.3, 0.4) is 0 Å². The smallest absolute Gasteiger partial charge is 0.144 e. The van der Waals surface area contributed by atoms with E-state index in [1.54, 1.807) is 0 Å². The third-order valence-corrected chi connectivity index (χ3v) is 2.39. The van der Waals surface area contributed by atoms with Crippen LogP contribution in [0.5, 0.6) is 5.75 Å². The third-order valence-electron chi connectivity index (χ3n) is 1.63. The quantitative estimate of drug-likeness (QED) is 0.803. The molecule has 0 amide bonds. The van der Waals surface area contributed by atoms with Crippen LogP contribution in [0.25, 0.3) is 0 Å². The highest BCUT2D eigenvalue weighted by Crippen LogP contribution is 2.28. The maximum absolute atomic E-state index is 13.3. The molecule has 0 saturated heterocycles. The minimum atomic E-state index is -0.475. The molecule has 0 bridgehead atoms. The number of halogens is 2. The van der Waals surface area contributed by atoms with E-state index in [-0.39, 0.29) is 16.8 Å². The SMILES string of the molecule is NOCCc1ccc(O)c(Br)c1F. The fraction of sp³-hybridized carbons (Fsp3) is 0.250. The van der Waals surface area contributed by atoms with Gasteiger partial charge in [0.05, 0.1) is 11.1 Å². The molecule has 0 radical (unpaired) electrons. The van der Waals surface area contributed by atoms with Crippen molar-refractivity contribution in [2.45, 2.75) is 6.42 Å². The van der Waals surface area contributed by atoms with Crippen LogP contribution in [0, 0.1) is 5.82 Å². The minimum Gasteiger partial charge on any atom is -0.507 e. The van der Waals surface area contributed by atoms with Gasteiger partial charge in [0.25, 0.3) is 0 Å². The van der Waals surface area contributed by atoms with Gasteiger partial charge in [-0.1, -0.05) is 6.07 Å². The van der Waals surface area contributed by atoms with E-state index in [9.17, 15) is 4.39 Å². The van der Waals surface area contributed by atoms with Gasteiger partial charge in [-0.15, -0.1) is 0 Å². The Morgan fingerprint density at radius 3 is 2.85 bits per heavy atom. The normalized spacial score (nSPS) is 10.4. The molecule has 1 aromatic rings. The Morgan fingerprint density at radius 2 is 2.23 bits per heavy atom. The summed E-state index contributed by atoms with van der Waals surface area (Å²) in [5, 5.41) is 9.11. The molecule has 3 nitrogen and oxygen atoms in total. The lowest BCUT2D eigenvalue weighted by molar-refractivity contribution is 0.140. The number of hydrogen-bond acceptors (Lipinski definition) is 3. The van der Waals surface area contributed by atoms with Gasteiger partial charge in [0.1, 0.15) is 11.6 Å². The summed E-state index contributed by atoms with van der Waals surface area (Å²) in [5.74, 6) is 4.22. The van der Waals surface area contributed by atoms with E-state index < -0.39 is 5.82 Å². The second kappa shape index (κ2) is 4.55. The number of benzene rings is 1. The average Bonchev–Trinajstić information content (AvgIpc) is 2.13. The van der Waals surface area contributed by atoms with Gasteiger partial charge >= 0.3 is 0 Å². The first-order valence-electron chi connectivity index (χ1n) is 3.64. The number of hydrogen-bond donors (Lipinski definition) is 2. The van der Waals surface area contributed by atoms with Gasteiger partial charge in [0, 0.05) is 6.42 Å². The summed E-state index contributed by atoms with van der Waals surface area (Å²) in [5.41, 5.74) is 0.454. The number of nitrogens with two attached hydrogens (primary N) is 1. The molecule has 0 saturated carbocycles. The molecule has 0 aromatic heterocycles. The highest BCUT2D eigenvalue weighted by molar-refractivity contribution is 9.10. The molecule has 0 aliphatic heterocycles. The molecule has 0 spiro atoms. The summed E-state index contributed by atoms with van der Waals surface area (Å²) in [7, 11) is 0. The van der Waals surface area contributed by atoms with E-state index >= 15 is 0 Å². The monoisotopic (exact) mass is 249 g/mol. The van der Waals surface area contributed by atoms with Crippen molar-refractivity contribution in [3.8, 4) is 5.75 Å². The van der Waals surface area contributed by atoms with Crippen LogP contribution in [0.1, 0.15) is 5.56 Å². The zero-order valence-corrected chi connectivity index (χ0v) is 8.34. The van der Waals surface area contributed by atoms with Crippen LogP contribution in [0.2, 0.25) is 0 Å². The van der Waals surface area contributed by atoms with Crippen molar-refractivity contribution in [2.24, 2.45) is 5.90 Å². The number of phenolic OH excluding ortho intramolecular Hbond substituents is 1. The van der Waals surface area contributed by atoms with Crippen LogP contribution in [0.4, 0.5) is 4.39 Å². The molecule has 0 atom stereocenters. The molecular weight excluding hydrogens is 241 g/mol. The first-order chi connectivity index (χ1) is 6.16. The van der Waals surface area contributed by atoms with Crippen LogP contribution in [0.15, 0.2) is 16.6 Å². The molecule has 0 aliphatic carbocycles. The van der Waals surface area contributed by atoms with Crippen LogP contribution in [-0.2, 0) is 11.3 Å². The summed E-state index contributed by atoms with van der Waals surface area (Å²) >= 11 is 2.92. The predicted molar refractivity (Wildman–Crippen MR) is 49.6 cm³/mol. The van der Waals surface area contributed by atoms with Crippen molar-refractivity contribution in [3.05, 3.63) is 28.0 Å². The molecule has 0 heterocycles. The van der Waals surface area contributed by atoms with E-state index in [0.29, 0.717) is 12.0 Å². The number of aromatic hydroxyl groups is 1. The Morgan fingerprint density at radius 1 is 1.54 bits per heavy atom. The summed E-state index contributed by atoms with van der Waals surface area (Å²) in [6, 6.07) is 2.91. The topological polar surface area (TPSA) is 55.5 Å². The van der Waals surface area contributed by atoms with Crippen LogP contribution < -0.4 is 5.90 Å². The molecule has 0 fully saturated rings. The van der Waals surface area contributed by atoms with E-state index in [0.717, 1.165) is 0 Å². The summed E-state index contributed by atoms with van der Waals surface area (Å²) in [6.45, 7) is 0.244. The first-order valence-corrected chi connectivity index (χ1v) is 4.43. The Hall–Kier alpha value is -0.650. The second-order valence-corrected chi connectivity index (χ2v) is 3.29. The van der Waals surface area contributed by atoms with Gasteiger partial charge in [-0.05, 0) is 27.6 Å². The molecule has 0 unspecified atom stereocenters. The third kappa shape index (κ3) is 2.40. The van der Waals surface area contributed by atoms with Gasteiger partial charge in [0.15, 0.2) is 0 Å². The van der Waals surface area contributed by atoms with Gasteiger partial charge in [-0.3, -0.25) is 0 Å². The molecule has 1 aromatic carbocycles. The first kappa shape index (κ1) is 10.4. The van der Waals surface area contributed by atoms with Crippen molar-refractivity contribution >= 4 is 15.9 Å². The summed E-state index contributed by atoms with van der Waals surface area (Å²) in [6.07, 6.45) is 0.376. The Kier molecular flexibility index (Phi) is 3.65. The lowest BCUT2D eigenvalue weighted by Crippen LogP contribution is -2.05. The maximum atomic E-state index is 13.3. The molecule has 5 heteroatoms. The maximum Gasteiger partial charge on any atom is 0.144 e. The summed E-state index contributed by atoms with van der Waals surface area (Å²) < 4.78 is 13.4. The Balaban J connectivity index is 2.90. The van der Waals surface area contributed by atoms with Crippen molar-refractivity contribution in [1.29, 1.82) is 0 Å². The van der Waals surface area contributed by atoms with E-state index in [4.69, 9.17) is 11.0 Å². The van der Waals surface area contributed by atoms with E-state index in [2.05, 4.69) is 20.8 Å². The van der Waals surface area contributed by atoms with Gasteiger partial charge < -0.3 is 9.94 Å². The van der Waals surface area contributed by atoms with Crippen LogP contribution >= 0.6 is 15.9 Å². The molecule has 72 valence electrons. The molecule has 1 rings (SSSR count). The summed E-state index contributed by atoms with van der Waals surface area (Å²) in [4.78, 5) is 4.33. The largest absolute Gasteiger partial charge is 0.507 e. The number of rotatable bonds is 3. The minimum absolute atomic E-state index is 0.0713. The van der Waals surface area contributed by atoms with Gasteiger partial charge in [-0.25, -0.2) is 10.3 Å². The molecule has 13 heavy (non-hydrogen) atoms. The lowest BCUT2D eigenvalue weighted by Gasteiger charge is -2.04. The number of phenols is 1. The zero-order chi connectivity index (χ0) is 9.84. The molecule has 3 N–H and O–H groups in total. The fourth-order valence-electron chi connectivity index (χ4n) is 0.941. The van der Waals surface area contributed by atoms with E-state index in [1.165, 1.54) is 12.1 Å². The van der Waals surface area contributed by atoms with Gasteiger partial charge in [-0.2, -0.15) is 0 Å². The average molecular weight is 250 g/mol. The fourth-order valence-corrected chi connectivity index (χ4v) is 1.33. The lowest BCUT2D eigenvalue weighted by atomic mass is 10.1. The zero-order valence-electron chi connectivity index (χ0n) is 6.76. The van der Waals surface area contributed by atoms with Crippen LogP contribution in [-0.4, -0.2) is 11.7 Å². The van der Waals surface area contributed by atoms with Crippen molar-refractivity contribution in [1.82, 2.24) is 0 Å². The second-order valence-electron chi connectivity index (χ2n) is 2.49. The Labute approximate surface area is 83.4 Å². The molecule has 0 aliphatic rings. The Bertz CT molecular complexity index is 306. The van der Waals surface area contributed by atoms with Crippen molar-refractivity contribution in [3.63, 3.8) is 0 Å². The van der Waals surface area contributed by atoms with Crippen molar-refractivity contribution < 1.29 is 14.3 Å². The van der Waals surface area contributed by atoms with Gasteiger partial charge in [0.2, 0.25) is 0 Å². The highest BCUT2D eigenvalue weighted by atomic mass is 79.9. The van der Waals surface area contributed by atoms with Crippen molar-refractivity contribution in [2.75, 3.05) is 6.61 Å².